The molecule has 1 unspecified atom stereocenters. The summed E-state index contributed by atoms with van der Waals surface area (Å²) >= 11 is 6.46. The fourth-order valence-corrected chi connectivity index (χ4v) is 1.88. The van der Waals surface area contributed by atoms with Crippen molar-refractivity contribution in [1.82, 2.24) is 4.98 Å². The highest BCUT2D eigenvalue weighted by atomic mass is 32.2. The van der Waals surface area contributed by atoms with Crippen LogP contribution in [0.25, 0.3) is 0 Å². The highest BCUT2D eigenvalue weighted by Crippen LogP contribution is 2.19. The maximum absolute atomic E-state index is 10.7. The maximum Gasteiger partial charge on any atom is 0.303 e. The van der Waals surface area contributed by atoms with Gasteiger partial charge in [0.2, 0.25) is 0 Å². The summed E-state index contributed by atoms with van der Waals surface area (Å²) in [6, 6.07) is 5.58. The number of ether oxygens (including phenoxy) is 1. The molecule has 1 aromatic heterocycles. The molecule has 0 saturated heterocycles. The fraction of sp³-hybridized carbons (Fsp3) is 0.300. The minimum atomic E-state index is -0.371. The van der Waals surface area contributed by atoms with E-state index in [0.29, 0.717) is 4.20 Å². The van der Waals surface area contributed by atoms with Crippen molar-refractivity contribution in [3.8, 4) is 0 Å². The van der Waals surface area contributed by atoms with E-state index >= 15 is 0 Å². The molecule has 1 heterocycles. The number of hydrogen-bond acceptors (Lipinski definition) is 5. The summed E-state index contributed by atoms with van der Waals surface area (Å²) < 4.78 is 5.56. The number of carbonyl (C=O) groups excluding carboxylic acids is 1. The van der Waals surface area contributed by atoms with Crippen LogP contribution in [0.2, 0.25) is 0 Å². The van der Waals surface area contributed by atoms with Crippen molar-refractivity contribution in [1.29, 1.82) is 0 Å². The molecular formula is C10H11NO2S2. The third kappa shape index (κ3) is 4.40. The number of rotatable bonds is 3. The van der Waals surface area contributed by atoms with Crippen molar-refractivity contribution in [2.24, 2.45) is 0 Å². The van der Waals surface area contributed by atoms with Gasteiger partial charge < -0.3 is 4.74 Å². The Morgan fingerprint density at radius 2 is 2.33 bits per heavy atom. The zero-order chi connectivity index (χ0) is 11.3. The van der Waals surface area contributed by atoms with Gasteiger partial charge in [0.25, 0.3) is 0 Å². The molecule has 0 amide bonds. The standard InChI is InChI=1S/C10H11NO2S2/c1-7(13-8(2)12)10(14)15-9-5-3-4-6-11-9/h3-7H,1-2H3. The number of pyridine rings is 1. The van der Waals surface area contributed by atoms with Gasteiger partial charge >= 0.3 is 5.97 Å². The summed E-state index contributed by atoms with van der Waals surface area (Å²) in [5.41, 5.74) is 0. The number of thiocarbonyl (C=S) groups is 1. The summed E-state index contributed by atoms with van der Waals surface area (Å²) in [4.78, 5) is 14.8. The maximum atomic E-state index is 10.7. The molecule has 0 aliphatic heterocycles. The molecule has 80 valence electrons. The summed E-state index contributed by atoms with van der Waals surface area (Å²) in [6.45, 7) is 3.12. The van der Waals surface area contributed by atoms with Gasteiger partial charge in [0, 0.05) is 13.1 Å². The van der Waals surface area contributed by atoms with Crippen molar-refractivity contribution >= 4 is 34.1 Å². The molecule has 0 fully saturated rings. The van der Waals surface area contributed by atoms with Gasteiger partial charge in [-0.3, -0.25) is 4.79 Å². The first-order valence-electron chi connectivity index (χ1n) is 4.39. The zero-order valence-corrected chi connectivity index (χ0v) is 10.1. The minimum absolute atomic E-state index is 0.327. The van der Waals surface area contributed by atoms with Crippen LogP contribution in [0.15, 0.2) is 29.4 Å². The van der Waals surface area contributed by atoms with E-state index in [0.717, 1.165) is 5.03 Å². The van der Waals surface area contributed by atoms with E-state index in [1.54, 1.807) is 13.1 Å². The lowest BCUT2D eigenvalue weighted by Crippen LogP contribution is -2.18. The molecule has 0 N–H and O–H groups in total. The molecule has 5 heteroatoms. The minimum Gasteiger partial charge on any atom is -0.457 e. The average Bonchev–Trinajstić information content (AvgIpc) is 2.18. The second kappa shape index (κ2) is 5.82. The van der Waals surface area contributed by atoms with E-state index in [2.05, 4.69) is 4.98 Å². The lowest BCUT2D eigenvalue weighted by Gasteiger charge is -2.11. The molecule has 1 aromatic rings. The predicted molar refractivity (Wildman–Crippen MR) is 63.9 cm³/mol. The van der Waals surface area contributed by atoms with Crippen LogP contribution in [-0.2, 0) is 9.53 Å². The molecule has 15 heavy (non-hydrogen) atoms. The van der Waals surface area contributed by atoms with Gasteiger partial charge in [-0.05, 0) is 19.1 Å². The molecule has 0 aliphatic carbocycles. The molecule has 0 saturated carbocycles. The van der Waals surface area contributed by atoms with Crippen molar-refractivity contribution in [2.45, 2.75) is 25.0 Å². The van der Waals surface area contributed by atoms with Crippen LogP contribution in [0, 0.1) is 0 Å². The van der Waals surface area contributed by atoms with Gasteiger partial charge in [-0.25, -0.2) is 4.98 Å². The normalized spacial score (nSPS) is 11.9. The van der Waals surface area contributed by atoms with E-state index in [1.165, 1.54) is 18.7 Å². The van der Waals surface area contributed by atoms with Crippen LogP contribution in [0.3, 0.4) is 0 Å². The Morgan fingerprint density at radius 3 is 2.87 bits per heavy atom. The first-order chi connectivity index (χ1) is 7.09. The largest absolute Gasteiger partial charge is 0.457 e. The van der Waals surface area contributed by atoms with Crippen LogP contribution in [0.1, 0.15) is 13.8 Å². The Balaban J connectivity index is 2.52. The summed E-state index contributed by atoms with van der Waals surface area (Å²) in [5.74, 6) is -0.327. The Hall–Kier alpha value is -0.940. The van der Waals surface area contributed by atoms with E-state index in [4.69, 9.17) is 17.0 Å². The topological polar surface area (TPSA) is 39.2 Å². The first kappa shape index (κ1) is 12.1. The van der Waals surface area contributed by atoms with Crippen molar-refractivity contribution < 1.29 is 9.53 Å². The number of hydrogen-bond donors (Lipinski definition) is 0. The van der Waals surface area contributed by atoms with Crippen molar-refractivity contribution in [3.05, 3.63) is 24.4 Å². The quantitative estimate of drug-likeness (QED) is 0.462. The molecule has 1 rings (SSSR count). The Bertz CT molecular complexity index is 354. The molecule has 0 bridgehead atoms. The van der Waals surface area contributed by atoms with E-state index in [9.17, 15) is 4.79 Å². The average molecular weight is 241 g/mol. The molecule has 1 atom stereocenters. The molecule has 3 nitrogen and oxygen atoms in total. The lowest BCUT2D eigenvalue weighted by molar-refractivity contribution is -0.142. The van der Waals surface area contributed by atoms with Gasteiger partial charge in [-0.1, -0.05) is 30.0 Å². The van der Waals surface area contributed by atoms with Gasteiger partial charge in [-0.2, -0.15) is 0 Å². The lowest BCUT2D eigenvalue weighted by atomic mass is 10.5. The van der Waals surface area contributed by atoms with E-state index in [1.807, 2.05) is 18.2 Å². The monoisotopic (exact) mass is 241 g/mol. The SMILES string of the molecule is CC(=O)OC(C)C(=S)Sc1ccccn1. The second-order valence-electron chi connectivity index (χ2n) is 2.84. The first-order valence-corrected chi connectivity index (χ1v) is 5.62. The van der Waals surface area contributed by atoms with Crippen LogP contribution >= 0.6 is 24.0 Å². The fourth-order valence-electron chi connectivity index (χ4n) is 0.891. The highest BCUT2D eigenvalue weighted by Gasteiger charge is 2.13. The number of carbonyl (C=O) groups is 1. The van der Waals surface area contributed by atoms with Crippen LogP contribution in [-0.4, -0.2) is 21.3 Å². The third-order valence-corrected chi connectivity index (χ3v) is 3.08. The molecule has 0 radical (unpaired) electrons. The number of thioether (sulfide) groups is 1. The molecule has 0 spiro atoms. The third-order valence-electron chi connectivity index (χ3n) is 1.52. The summed E-state index contributed by atoms with van der Waals surface area (Å²) in [7, 11) is 0. The second-order valence-corrected chi connectivity index (χ2v) is 4.60. The van der Waals surface area contributed by atoms with Gasteiger partial charge in [0.1, 0.15) is 11.1 Å². The molecule has 0 aliphatic rings. The van der Waals surface area contributed by atoms with Crippen LogP contribution < -0.4 is 0 Å². The smallest absolute Gasteiger partial charge is 0.303 e. The Labute approximate surface area is 98.2 Å². The van der Waals surface area contributed by atoms with Crippen LogP contribution in [0.4, 0.5) is 0 Å². The van der Waals surface area contributed by atoms with Crippen LogP contribution in [0.5, 0.6) is 0 Å². The van der Waals surface area contributed by atoms with Gasteiger partial charge in [-0.15, -0.1) is 0 Å². The van der Waals surface area contributed by atoms with Crippen molar-refractivity contribution in [2.75, 3.05) is 0 Å². The van der Waals surface area contributed by atoms with E-state index < -0.39 is 0 Å². The van der Waals surface area contributed by atoms with Crippen molar-refractivity contribution in [3.63, 3.8) is 0 Å². The van der Waals surface area contributed by atoms with Gasteiger partial charge in [0.05, 0.1) is 4.20 Å². The predicted octanol–water partition coefficient (Wildman–Crippen LogP) is 2.45. The Morgan fingerprint density at radius 1 is 1.60 bits per heavy atom. The van der Waals surface area contributed by atoms with E-state index in [-0.39, 0.29) is 12.1 Å². The number of nitrogens with zero attached hydrogens (tertiary/aromatic N) is 1. The summed E-state index contributed by atoms with van der Waals surface area (Å²) in [6.07, 6.45) is 1.33. The number of esters is 1. The number of aromatic nitrogens is 1. The molecular weight excluding hydrogens is 230 g/mol. The summed E-state index contributed by atoms with van der Waals surface area (Å²) in [5, 5.41) is 0.807. The highest BCUT2D eigenvalue weighted by molar-refractivity contribution is 8.23. The van der Waals surface area contributed by atoms with Gasteiger partial charge in [0.15, 0.2) is 0 Å². The Kier molecular flexibility index (Phi) is 4.71. The zero-order valence-electron chi connectivity index (χ0n) is 8.47. The molecule has 0 aromatic carbocycles.